The number of ether oxygens (including phenoxy) is 1. The molecular formula is C12H21N3O3. The van der Waals surface area contributed by atoms with Gasteiger partial charge in [-0.25, -0.2) is 0 Å². The van der Waals surface area contributed by atoms with Crippen molar-refractivity contribution in [1.82, 2.24) is 16.0 Å². The molecule has 0 aliphatic carbocycles. The van der Waals surface area contributed by atoms with Crippen LogP contribution in [0.4, 0.5) is 0 Å². The fraction of sp³-hybridized carbons (Fsp3) is 0.833. The Balaban J connectivity index is 1.82. The summed E-state index contributed by atoms with van der Waals surface area (Å²) < 4.78 is 5.22. The summed E-state index contributed by atoms with van der Waals surface area (Å²) in [5.74, 6) is -0.134. The minimum absolute atomic E-state index is 0.0410. The van der Waals surface area contributed by atoms with Gasteiger partial charge in [-0.1, -0.05) is 0 Å². The van der Waals surface area contributed by atoms with Crippen LogP contribution in [-0.4, -0.2) is 50.2 Å². The van der Waals surface area contributed by atoms with Gasteiger partial charge in [-0.15, -0.1) is 0 Å². The summed E-state index contributed by atoms with van der Waals surface area (Å²) in [6.45, 7) is 2.09. The first kappa shape index (κ1) is 13.3. The zero-order chi connectivity index (χ0) is 13.0. The molecule has 2 saturated heterocycles. The molecule has 2 amide bonds. The number of hydrogen-bond acceptors (Lipinski definition) is 4. The maximum Gasteiger partial charge on any atom is 0.242 e. The third kappa shape index (κ3) is 3.00. The van der Waals surface area contributed by atoms with Gasteiger partial charge in [-0.2, -0.15) is 0 Å². The molecule has 0 aromatic heterocycles. The lowest BCUT2D eigenvalue weighted by Gasteiger charge is -2.29. The van der Waals surface area contributed by atoms with Crippen LogP contribution in [0.2, 0.25) is 0 Å². The van der Waals surface area contributed by atoms with E-state index < -0.39 is 0 Å². The largest absolute Gasteiger partial charge is 0.383 e. The minimum atomic E-state index is -0.363. The summed E-state index contributed by atoms with van der Waals surface area (Å²) in [6, 6.07) is -0.363. The van der Waals surface area contributed by atoms with Crippen LogP contribution in [0, 0.1) is 0 Å². The summed E-state index contributed by atoms with van der Waals surface area (Å²) in [6.07, 6.45) is 3.13. The molecule has 0 aromatic carbocycles. The molecule has 2 atom stereocenters. The van der Waals surface area contributed by atoms with Crippen LogP contribution in [0.25, 0.3) is 0 Å². The molecule has 18 heavy (non-hydrogen) atoms. The topological polar surface area (TPSA) is 79.5 Å². The molecule has 2 fully saturated rings. The first-order valence-electron chi connectivity index (χ1n) is 6.46. The molecule has 2 rings (SSSR count). The van der Waals surface area contributed by atoms with Gasteiger partial charge in [-0.3, -0.25) is 9.59 Å². The standard InChI is InChI=1S/C12H21N3O3/c1-18-8-12(5-2-6-14-12)7-13-11(17)9-3-4-10(16)15-9/h9,14H,2-8H2,1H3,(H,13,17)(H,15,16)/t9-,12?/m0/s1. The van der Waals surface area contributed by atoms with E-state index in [0.717, 1.165) is 19.4 Å². The Bertz CT molecular complexity index is 327. The van der Waals surface area contributed by atoms with Crippen molar-refractivity contribution in [2.24, 2.45) is 0 Å². The van der Waals surface area contributed by atoms with Gasteiger partial charge in [0, 0.05) is 20.1 Å². The Kier molecular flexibility index (Phi) is 4.19. The Morgan fingerprint density at radius 3 is 3.00 bits per heavy atom. The molecule has 6 nitrogen and oxygen atoms in total. The molecule has 6 heteroatoms. The fourth-order valence-corrected chi connectivity index (χ4v) is 2.66. The normalized spacial score (nSPS) is 31.4. The van der Waals surface area contributed by atoms with E-state index >= 15 is 0 Å². The summed E-state index contributed by atoms with van der Waals surface area (Å²) in [5.41, 5.74) is -0.146. The maximum atomic E-state index is 11.9. The van der Waals surface area contributed by atoms with Crippen molar-refractivity contribution in [2.75, 3.05) is 26.8 Å². The van der Waals surface area contributed by atoms with Gasteiger partial charge in [0.15, 0.2) is 0 Å². The van der Waals surface area contributed by atoms with E-state index in [9.17, 15) is 9.59 Å². The summed E-state index contributed by atoms with van der Waals surface area (Å²) >= 11 is 0. The van der Waals surface area contributed by atoms with Crippen molar-refractivity contribution in [3.8, 4) is 0 Å². The molecule has 0 spiro atoms. The smallest absolute Gasteiger partial charge is 0.242 e. The Labute approximate surface area is 107 Å². The lowest BCUT2D eigenvalue weighted by Crippen LogP contribution is -2.55. The van der Waals surface area contributed by atoms with Crippen molar-refractivity contribution < 1.29 is 14.3 Å². The van der Waals surface area contributed by atoms with Gasteiger partial charge in [0.25, 0.3) is 0 Å². The van der Waals surface area contributed by atoms with Crippen molar-refractivity contribution in [3.05, 3.63) is 0 Å². The first-order chi connectivity index (χ1) is 8.65. The highest BCUT2D eigenvalue weighted by Crippen LogP contribution is 2.19. The molecule has 0 radical (unpaired) electrons. The zero-order valence-electron chi connectivity index (χ0n) is 10.8. The van der Waals surface area contributed by atoms with Gasteiger partial charge in [-0.05, 0) is 25.8 Å². The minimum Gasteiger partial charge on any atom is -0.383 e. The van der Waals surface area contributed by atoms with Gasteiger partial charge in [0.2, 0.25) is 11.8 Å². The molecule has 0 saturated carbocycles. The van der Waals surface area contributed by atoms with Gasteiger partial charge in [0.05, 0.1) is 12.1 Å². The number of carbonyl (C=O) groups is 2. The van der Waals surface area contributed by atoms with Crippen molar-refractivity contribution in [2.45, 2.75) is 37.3 Å². The highest BCUT2D eigenvalue weighted by atomic mass is 16.5. The monoisotopic (exact) mass is 255 g/mol. The second-order valence-electron chi connectivity index (χ2n) is 5.12. The van der Waals surface area contributed by atoms with Crippen LogP contribution in [0.3, 0.4) is 0 Å². The van der Waals surface area contributed by atoms with Crippen LogP contribution < -0.4 is 16.0 Å². The van der Waals surface area contributed by atoms with Crippen LogP contribution in [0.15, 0.2) is 0 Å². The van der Waals surface area contributed by atoms with Crippen molar-refractivity contribution >= 4 is 11.8 Å². The molecule has 1 unspecified atom stereocenters. The second kappa shape index (κ2) is 5.67. The average Bonchev–Trinajstić information content (AvgIpc) is 2.97. The van der Waals surface area contributed by atoms with E-state index in [-0.39, 0.29) is 23.4 Å². The molecule has 0 bridgehead atoms. The van der Waals surface area contributed by atoms with Crippen molar-refractivity contribution in [1.29, 1.82) is 0 Å². The van der Waals surface area contributed by atoms with Gasteiger partial charge in [0.1, 0.15) is 6.04 Å². The average molecular weight is 255 g/mol. The number of rotatable bonds is 5. The number of carbonyl (C=O) groups excluding carboxylic acids is 2. The highest BCUT2D eigenvalue weighted by Gasteiger charge is 2.35. The summed E-state index contributed by atoms with van der Waals surface area (Å²) in [4.78, 5) is 23.0. The Morgan fingerprint density at radius 2 is 2.44 bits per heavy atom. The maximum absolute atomic E-state index is 11.9. The lowest BCUT2D eigenvalue weighted by molar-refractivity contribution is -0.126. The van der Waals surface area contributed by atoms with E-state index in [1.807, 2.05) is 0 Å². The summed E-state index contributed by atoms with van der Waals surface area (Å²) in [7, 11) is 1.67. The Morgan fingerprint density at radius 1 is 1.61 bits per heavy atom. The fourth-order valence-electron chi connectivity index (χ4n) is 2.66. The van der Waals surface area contributed by atoms with E-state index in [2.05, 4.69) is 16.0 Å². The molecule has 102 valence electrons. The third-order valence-electron chi connectivity index (χ3n) is 3.67. The molecule has 3 N–H and O–H groups in total. The quantitative estimate of drug-likeness (QED) is 0.598. The number of nitrogens with one attached hydrogen (secondary N) is 3. The van der Waals surface area contributed by atoms with E-state index in [1.165, 1.54) is 0 Å². The van der Waals surface area contributed by atoms with E-state index in [1.54, 1.807) is 7.11 Å². The molecular weight excluding hydrogens is 234 g/mol. The lowest BCUT2D eigenvalue weighted by atomic mass is 9.98. The van der Waals surface area contributed by atoms with Crippen LogP contribution >= 0.6 is 0 Å². The molecule has 0 aromatic rings. The second-order valence-corrected chi connectivity index (χ2v) is 5.12. The van der Waals surface area contributed by atoms with Crippen LogP contribution in [0.1, 0.15) is 25.7 Å². The summed E-state index contributed by atoms with van der Waals surface area (Å²) in [5, 5.41) is 8.99. The molecule has 2 heterocycles. The number of methoxy groups -OCH3 is 1. The molecule has 2 aliphatic heterocycles. The van der Waals surface area contributed by atoms with Gasteiger partial charge < -0.3 is 20.7 Å². The number of hydrogen-bond donors (Lipinski definition) is 3. The third-order valence-corrected chi connectivity index (χ3v) is 3.67. The predicted octanol–water partition coefficient (Wildman–Crippen LogP) is -0.850. The van der Waals surface area contributed by atoms with Crippen LogP contribution in [-0.2, 0) is 14.3 Å². The Hall–Kier alpha value is -1.14. The van der Waals surface area contributed by atoms with Crippen molar-refractivity contribution in [3.63, 3.8) is 0 Å². The van der Waals surface area contributed by atoms with Crippen LogP contribution in [0.5, 0.6) is 0 Å². The van der Waals surface area contributed by atoms with Gasteiger partial charge >= 0.3 is 0 Å². The SMILES string of the molecule is COCC1(CNC(=O)[C@@H]2CCC(=O)N2)CCCN1. The zero-order valence-corrected chi connectivity index (χ0v) is 10.8. The first-order valence-corrected chi connectivity index (χ1v) is 6.46. The van der Waals surface area contributed by atoms with E-state index in [4.69, 9.17) is 4.74 Å². The highest BCUT2D eigenvalue weighted by molar-refractivity contribution is 5.90. The van der Waals surface area contributed by atoms with E-state index in [0.29, 0.717) is 26.0 Å². The predicted molar refractivity (Wildman–Crippen MR) is 66.0 cm³/mol. The number of amides is 2. The molecule has 2 aliphatic rings.